The maximum absolute atomic E-state index is 12.5. The fraction of sp³-hybridized carbons (Fsp3) is 0. The van der Waals surface area contributed by atoms with Gasteiger partial charge in [-0.2, -0.15) is 0 Å². The van der Waals surface area contributed by atoms with Gasteiger partial charge < -0.3 is 10.3 Å². The van der Waals surface area contributed by atoms with Crippen LogP contribution in [0.15, 0.2) is 54.6 Å². The molecule has 0 saturated carbocycles. The molecule has 8 heteroatoms. The van der Waals surface area contributed by atoms with Gasteiger partial charge in [-0.25, -0.2) is 9.97 Å². The summed E-state index contributed by atoms with van der Waals surface area (Å²) in [6, 6.07) is 15.4. The molecule has 0 saturated heterocycles. The summed E-state index contributed by atoms with van der Waals surface area (Å²) in [5.41, 5.74) is 2.44. The number of carbonyl (C=O) groups is 1. The maximum Gasteiger partial charge on any atom is 0.256 e. The average Bonchev–Trinajstić information content (AvgIpc) is 3.04. The predicted molar refractivity (Wildman–Crippen MR) is 109 cm³/mol. The quantitative estimate of drug-likeness (QED) is 0.411. The van der Waals surface area contributed by atoms with E-state index in [9.17, 15) is 4.79 Å². The van der Waals surface area contributed by atoms with Crippen LogP contribution in [0.1, 0.15) is 10.4 Å². The molecule has 0 aliphatic carbocycles. The summed E-state index contributed by atoms with van der Waals surface area (Å²) in [5, 5.41) is 3.99. The summed E-state index contributed by atoms with van der Waals surface area (Å²) in [5.74, 6) is 0.597. The van der Waals surface area contributed by atoms with E-state index in [1.807, 2.05) is 0 Å². The second-order valence-electron chi connectivity index (χ2n) is 5.71. The number of H-pyrrole nitrogens is 1. The van der Waals surface area contributed by atoms with Crippen LogP contribution in [0.2, 0.25) is 15.2 Å². The standard InChI is InChI=1S/C19H11Cl3N4O/c20-11-3-1-4-12(21)17(11)18-23-13-8-7-10(9-14(13)24-18)19(27)26-16-6-2-5-15(22)25-16/h1-9H,(H,23,24)(H,25,26,27). The van der Waals surface area contributed by atoms with Crippen LogP contribution in [0, 0.1) is 0 Å². The Labute approximate surface area is 169 Å². The lowest BCUT2D eigenvalue weighted by molar-refractivity contribution is 0.102. The van der Waals surface area contributed by atoms with Crippen LogP contribution in [0.4, 0.5) is 5.82 Å². The van der Waals surface area contributed by atoms with Crippen LogP contribution in [-0.4, -0.2) is 20.9 Å². The van der Waals surface area contributed by atoms with E-state index in [0.29, 0.717) is 43.5 Å². The fourth-order valence-electron chi connectivity index (χ4n) is 2.66. The lowest BCUT2D eigenvalue weighted by atomic mass is 10.2. The number of aromatic amines is 1. The van der Waals surface area contributed by atoms with Gasteiger partial charge in [-0.3, -0.25) is 4.79 Å². The highest BCUT2D eigenvalue weighted by molar-refractivity contribution is 6.39. The van der Waals surface area contributed by atoms with Gasteiger partial charge in [0.1, 0.15) is 16.8 Å². The summed E-state index contributed by atoms with van der Waals surface area (Å²) in [4.78, 5) is 24.2. The highest BCUT2D eigenvalue weighted by atomic mass is 35.5. The number of halogens is 3. The van der Waals surface area contributed by atoms with E-state index in [0.717, 1.165) is 5.52 Å². The number of nitrogens with one attached hydrogen (secondary N) is 2. The molecule has 0 atom stereocenters. The lowest BCUT2D eigenvalue weighted by Crippen LogP contribution is -2.12. The zero-order valence-electron chi connectivity index (χ0n) is 13.6. The molecule has 5 nitrogen and oxygen atoms in total. The van der Waals surface area contributed by atoms with Gasteiger partial charge in [0.05, 0.1) is 26.6 Å². The Kier molecular flexibility index (Phi) is 4.74. The smallest absolute Gasteiger partial charge is 0.256 e. The van der Waals surface area contributed by atoms with Crippen molar-refractivity contribution in [1.29, 1.82) is 0 Å². The zero-order valence-corrected chi connectivity index (χ0v) is 15.9. The number of hydrogen-bond donors (Lipinski definition) is 2. The van der Waals surface area contributed by atoms with E-state index in [-0.39, 0.29) is 5.91 Å². The summed E-state index contributed by atoms with van der Waals surface area (Å²) in [6.07, 6.45) is 0. The topological polar surface area (TPSA) is 70.7 Å². The number of benzene rings is 2. The summed E-state index contributed by atoms with van der Waals surface area (Å²) >= 11 is 18.3. The Morgan fingerprint density at radius 1 is 0.926 bits per heavy atom. The third kappa shape index (κ3) is 3.62. The number of nitrogens with zero attached hydrogens (tertiary/aromatic N) is 2. The second-order valence-corrected chi connectivity index (χ2v) is 6.92. The molecule has 4 rings (SSSR count). The van der Waals surface area contributed by atoms with Gasteiger partial charge >= 0.3 is 0 Å². The molecule has 2 heterocycles. The lowest BCUT2D eigenvalue weighted by Gasteiger charge is -2.04. The van der Waals surface area contributed by atoms with Crippen molar-refractivity contribution in [2.24, 2.45) is 0 Å². The molecule has 0 unspecified atom stereocenters. The number of hydrogen-bond acceptors (Lipinski definition) is 3. The maximum atomic E-state index is 12.5. The molecule has 134 valence electrons. The van der Waals surface area contributed by atoms with Crippen molar-refractivity contribution in [2.75, 3.05) is 5.32 Å². The molecule has 0 bridgehead atoms. The summed E-state index contributed by atoms with van der Waals surface area (Å²) < 4.78 is 0. The predicted octanol–water partition coefficient (Wildman–Crippen LogP) is 5.84. The van der Waals surface area contributed by atoms with Gasteiger partial charge in [0.25, 0.3) is 5.91 Å². The fourth-order valence-corrected chi connectivity index (χ4v) is 3.40. The number of amides is 1. The van der Waals surface area contributed by atoms with Crippen molar-refractivity contribution in [2.45, 2.75) is 0 Å². The highest BCUT2D eigenvalue weighted by Crippen LogP contribution is 2.33. The monoisotopic (exact) mass is 416 g/mol. The Balaban J connectivity index is 1.68. The van der Waals surface area contributed by atoms with Crippen molar-refractivity contribution in [3.63, 3.8) is 0 Å². The molecule has 2 aromatic heterocycles. The molecule has 2 aromatic carbocycles. The molecule has 0 fully saturated rings. The van der Waals surface area contributed by atoms with Gasteiger partial charge in [-0.05, 0) is 42.5 Å². The Bertz CT molecular complexity index is 1150. The number of pyridine rings is 1. The highest BCUT2D eigenvalue weighted by Gasteiger charge is 2.14. The molecule has 1 amide bonds. The Morgan fingerprint density at radius 2 is 1.67 bits per heavy atom. The first-order valence-corrected chi connectivity index (χ1v) is 9.03. The van der Waals surface area contributed by atoms with Crippen LogP contribution in [0.3, 0.4) is 0 Å². The first-order valence-electron chi connectivity index (χ1n) is 7.89. The minimum Gasteiger partial charge on any atom is -0.338 e. The van der Waals surface area contributed by atoms with E-state index in [1.54, 1.807) is 54.6 Å². The largest absolute Gasteiger partial charge is 0.338 e. The van der Waals surface area contributed by atoms with Crippen molar-refractivity contribution in [3.05, 3.63) is 75.4 Å². The Morgan fingerprint density at radius 3 is 2.41 bits per heavy atom. The van der Waals surface area contributed by atoms with Gasteiger partial charge in [0.2, 0.25) is 0 Å². The SMILES string of the molecule is O=C(Nc1cccc(Cl)n1)c1ccc2[nH]c(-c3c(Cl)cccc3Cl)nc2c1. The van der Waals surface area contributed by atoms with Gasteiger partial charge in [-0.1, -0.05) is 46.9 Å². The molecule has 0 radical (unpaired) electrons. The number of carbonyl (C=O) groups excluding carboxylic acids is 1. The van der Waals surface area contributed by atoms with Crippen LogP contribution >= 0.6 is 34.8 Å². The number of rotatable bonds is 3. The third-order valence-electron chi connectivity index (χ3n) is 3.90. The average molecular weight is 418 g/mol. The molecule has 27 heavy (non-hydrogen) atoms. The number of imidazole rings is 1. The summed E-state index contributed by atoms with van der Waals surface area (Å²) in [7, 11) is 0. The van der Waals surface area contributed by atoms with E-state index < -0.39 is 0 Å². The third-order valence-corrected chi connectivity index (χ3v) is 4.74. The normalized spacial score (nSPS) is 10.9. The van der Waals surface area contributed by atoms with Gasteiger partial charge in [0.15, 0.2) is 0 Å². The van der Waals surface area contributed by atoms with Gasteiger partial charge in [0, 0.05) is 5.56 Å². The zero-order chi connectivity index (χ0) is 19.0. The van der Waals surface area contributed by atoms with Crippen molar-refractivity contribution in [3.8, 4) is 11.4 Å². The molecule has 0 spiro atoms. The molecule has 4 aromatic rings. The van der Waals surface area contributed by atoms with Crippen LogP contribution in [0.25, 0.3) is 22.4 Å². The first-order chi connectivity index (χ1) is 13.0. The molecular formula is C19H11Cl3N4O. The van der Waals surface area contributed by atoms with Gasteiger partial charge in [-0.15, -0.1) is 0 Å². The van der Waals surface area contributed by atoms with Crippen LogP contribution < -0.4 is 5.32 Å². The molecule has 0 aliphatic rings. The minimum atomic E-state index is -0.313. The van der Waals surface area contributed by atoms with Crippen molar-refractivity contribution >= 4 is 57.6 Å². The summed E-state index contributed by atoms with van der Waals surface area (Å²) in [6.45, 7) is 0. The Hall–Kier alpha value is -2.60. The van der Waals surface area contributed by atoms with E-state index >= 15 is 0 Å². The van der Waals surface area contributed by atoms with Crippen LogP contribution in [-0.2, 0) is 0 Å². The van der Waals surface area contributed by atoms with Crippen LogP contribution in [0.5, 0.6) is 0 Å². The second kappa shape index (κ2) is 7.19. The number of aromatic nitrogens is 3. The minimum absolute atomic E-state index is 0.303. The van der Waals surface area contributed by atoms with E-state index in [1.165, 1.54) is 0 Å². The van der Waals surface area contributed by atoms with Crippen molar-refractivity contribution in [1.82, 2.24) is 15.0 Å². The molecule has 2 N–H and O–H groups in total. The first kappa shape index (κ1) is 17.8. The molecular weight excluding hydrogens is 407 g/mol. The van der Waals surface area contributed by atoms with Crippen molar-refractivity contribution < 1.29 is 4.79 Å². The van der Waals surface area contributed by atoms with E-state index in [2.05, 4.69) is 20.3 Å². The number of fused-ring (bicyclic) bond motifs is 1. The number of anilines is 1. The van der Waals surface area contributed by atoms with E-state index in [4.69, 9.17) is 34.8 Å². The molecule has 0 aliphatic heterocycles.